The summed E-state index contributed by atoms with van der Waals surface area (Å²) in [7, 11) is 0. The predicted molar refractivity (Wildman–Crippen MR) is 26.4 cm³/mol. The van der Waals surface area contributed by atoms with Gasteiger partial charge in [0, 0.05) is 0 Å². The molecule has 1 aromatic rings. The number of nitrogens with zero attached hydrogens (tertiary/aromatic N) is 2. The van der Waals surface area contributed by atoms with Crippen molar-refractivity contribution in [2.45, 2.75) is 0 Å². The van der Waals surface area contributed by atoms with Crippen molar-refractivity contribution in [3.63, 3.8) is 0 Å². The molecule has 0 aromatic carbocycles. The van der Waals surface area contributed by atoms with E-state index in [1.807, 2.05) is 0 Å². The smallest absolute Gasteiger partial charge is 0.182 e. The van der Waals surface area contributed by atoms with E-state index < -0.39 is 5.82 Å². The average Bonchev–Trinajstić information content (AvgIpc) is 1.77. The van der Waals surface area contributed by atoms with Crippen LogP contribution in [0.4, 0.5) is 10.2 Å². The molecular formula is C4H4FN3. The molecule has 0 radical (unpaired) electrons. The van der Waals surface area contributed by atoms with E-state index in [1.54, 1.807) is 0 Å². The molecule has 0 atom stereocenters. The molecule has 3 nitrogen and oxygen atoms in total. The first kappa shape index (κ1) is 4.96. The molecule has 1 rings (SSSR count). The zero-order chi connectivity index (χ0) is 5.98. The second-order valence-electron chi connectivity index (χ2n) is 1.26. The van der Waals surface area contributed by atoms with Crippen LogP contribution in [-0.2, 0) is 0 Å². The van der Waals surface area contributed by atoms with Crippen molar-refractivity contribution in [3.8, 4) is 0 Å². The number of hydrogen-bond donors (Lipinski definition) is 1. The highest BCUT2D eigenvalue weighted by Gasteiger charge is 1.92. The highest BCUT2D eigenvalue weighted by Crippen LogP contribution is 1.99. The van der Waals surface area contributed by atoms with E-state index in [-0.39, 0.29) is 5.82 Å². The van der Waals surface area contributed by atoms with E-state index >= 15 is 0 Å². The Morgan fingerprint density at radius 3 is 2.75 bits per heavy atom. The SMILES string of the molecule is Nc1nnccc1F. The quantitative estimate of drug-likeness (QED) is 0.522. The first-order valence-electron chi connectivity index (χ1n) is 2.03. The van der Waals surface area contributed by atoms with Gasteiger partial charge in [0.2, 0.25) is 0 Å². The summed E-state index contributed by atoms with van der Waals surface area (Å²) in [4.78, 5) is 0. The molecule has 0 aliphatic carbocycles. The molecule has 0 bridgehead atoms. The van der Waals surface area contributed by atoms with E-state index in [0.717, 1.165) is 6.07 Å². The molecule has 2 N–H and O–H groups in total. The van der Waals surface area contributed by atoms with Crippen molar-refractivity contribution in [2.24, 2.45) is 0 Å². The van der Waals surface area contributed by atoms with Crippen LogP contribution < -0.4 is 5.73 Å². The normalized spacial score (nSPS) is 9.12. The van der Waals surface area contributed by atoms with Crippen LogP contribution in [0.25, 0.3) is 0 Å². The third kappa shape index (κ3) is 0.726. The summed E-state index contributed by atoms with van der Waals surface area (Å²) in [6.45, 7) is 0. The maximum atomic E-state index is 12.1. The Labute approximate surface area is 45.3 Å². The average molecular weight is 113 g/mol. The molecule has 4 heteroatoms. The van der Waals surface area contributed by atoms with Crippen LogP contribution in [-0.4, -0.2) is 10.2 Å². The molecule has 0 unspecified atom stereocenters. The third-order valence-electron chi connectivity index (χ3n) is 0.698. The highest BCUT2D eigenvalue weighted by atomic mass is 19.1. The second kappa shape index (κ2) is 1.73. The molecule has 0 amide bonds. The van der Waals surface area contributed by atoms with Crippen LogP contribution in [0.1, 0.15) is 0 Å². The van der Waals surface area contributed by atoms with E-state index in [2.05, 4.69) is 10.2 Å². The highest BCUT2D eigenvalue weighted by molar-refractivity contribution is 5.25. The van der Waals surface area contributed by atoms with Gasteiger partial charge in [0.05, 0.1) is 6.20 Å². The molecule has 0 aliphatic heterocycles. The van der Waals surface area contributed by atoms with Gasteiger partial charge in [-0.25, -0.2) is 4.39 Å². The van der Waals surface area contributed by atoms with Crippen molar-refractivity contribution >= 4 is 5.82 Å². The van der Waals surface area contributed by atoms with E-state index in [4.69, 9.17) is 5.73 Å². The van der Waals surface area contributed by atoms with Crippen LogP contribution in [0, 0.1) is 5.82 Å². The van der Waals surface area contributed by atoms with E-state index in [0.29, 0.717) is 0 Å². The molecule has 42 valence electrons. The molecular weight excluding hydrogens is 109 g/mol. The summed E-state index contributed by atoms with van der Waals surface area (Å²) >= 11 is 0. The maximum Gasteiger partial charge on any atom is 0.182 e. The lowest BCUT2D eigenvalue weighted by Gasteiger charge is -1.87. The number of aromatic nitrogens is 2. The standard InChI is InChI=1S/C4H4FN3/c5-3-1-2-7-8-4(3)6/h1-2H,(H2,6,8). The fourth-order valence-corrected chi connectivity index (χ4v) is 0.327. The monoisotopic (exact) mass is 113 g/mol. The van der Waals surface area contributed by atoms with Gasteiger partial charge in [-0.15, -0.1) is 5.10 Å². The van der Waals surface area contributed by atoms with Crippen LogP contribution in [0.15, 0.2) is 12.3 Å². The zero-order valence-electron chi connectivity index (χ0n) is 4.00. The minimum absolute atomic E-state index is 0.160. The van der Waals surface area contributed by atoms with Crippen molar-refractivity contribution in [1.29, 1.82) is 0 Å². The number of anilines is 1. The lowest BCUT2D eigenvalue weighted by molar-refractivity contribution is 0.621. The van der Waals surface area contributed by atoms with E-state index in [9.17, 15) is 4.39 Å². The van der Waals surface area contributed by atoms with Crippen molar-refractivity contribution in [1.82, 2.24) is 10.2 Å². The second-order valence-corrected chi connectivity index (χ2v) is 1.26. The third-order valence-corrected chi connectivity index (χ3v) is 0.698. The topological polar surface area (TPSA) is 51.8 Å². The minimum atomic E-state index is -0.528. The molecule has 0 saturated heterocycles. The summed E-state index contributed by atoms with van der Waals surface area (Å²) in [5.74, 6) is -0.687. The van der Waals surface area contributed by atoms with Gasteiger partial charge in [0.1, 0.15) is 0 Å². The molecule has 1 aromatic heterocycles. The maximum absolute atomic E-state index is 12.1. The van der Waals surface area contributed by atoms with Gasteiger partial charge in [-0.05, 0) is 6.07 Å². The number of nitrogens with two attached hydrogens (primary N) is 1. The minimum Gasteiger partial charge on any atom is -0.380 e. The summed E-state index contributed by atoms with van der Waals surface area (Å²) in [5.41, 5.74) is 4.97. The first-order valence-corrected chi connectivity index (χ1v) is 2.03. The Hall–Kier alpha value is -1.19. The van der Waals surface area contributed by atoms with Crippen molar-refractivity contribution in [2.75, 3.05) is 5.73 Å². The van der Waals surface area contributed by atoms with Crippen molar-refractivity contribution in [3.05, 3.63) is 18.1 Å². The van der Waals surface area contributed by atoms with Gasteiger partial charge < -0.3 is 5.73 Å². The number of rotatable bonds is 0. The fourth-order valence-electron chi connectivity index (χ4n) is 0.327. The Kier molecular flexibility index (Phi) is 1.07. The van der Waals surface area contributed by atoms with Crippen LogP contribution in [0.2, 0.25) is 0 Å². The molecule has 0 aliphatic rings. The summed E-state index contributed by atoms with van der Waals surface area (Å²) in [5, 5.41) is 6.56. The van der Waals surface area contributed by atoms with Gasteiger partial charge in [-0.1, -0.05) is 0 Å². The molecule has 0 fully saturated rings. The lowest BCUT2D eigenvalue weighted by atomic mass is 10.5. The summed E-state index contributed by atoms with van der Waals surface area (Å²) < 4.78 is 12.1. The number of hydrogen-bond acceptors (Lipinski definition) is 3. The Bertz CT molecular complexity index is 167. The van der Waals surface area contributed by atoms with Gasteiger partial charge in [0.15, 0.2) is 11.6 Å². The molecule has 1 heterocycles. The number of nitrogen functional groups attached to an aromatic ring is 1. The van der Waals surface area contributed by atoms with Gasteiger partial charge in [0.25, 0.3) is 0 Å². The summed E-state index contributed by atoms with van der Waals surface area (Å²) in [6.07, 6.45) is 1.24. The van der Waals surface area contributed by atoms with Crippen LogP contribution in [0.5, 0.6) is 0 Å². The fraction of sp³-hybridized carbons (Fsp3) is 0. The lowest BCUT2D eigenvalue weighted by Crippen LogP contribution is -1.94. The van der Waals surface area contributed by atoms with Gasteiger partial charge in [-0.3, -0.25) is 0 Å². The Balaban J connectivity index is 3.13. The summed E-state index contributed by atoms with van der Waals surface area (Å²) in [6, 6.07) is 1.16. The molecule has 0 spiro atoms. The molecule has 0 saturated carbocycles. The van der Waals surface area contributed by atoms with Gasteiger partial charge >= 0.3 is 0 Å². The van der Waals surface area contributed by atoms with Crippen molar-refractivity contribution < 1.29 is 4.39 Å². The number of halogens is 1. The Morgan fingerprint density at radius 2 is 2.38 bits per heavy atom. The van der Waals surface area contributed by atoms with Crippen LogP contribution in [0.3, 0.4) is 0 Å². The van der Waals surface area contributed by atoms with E-state index in [1.165, 1.54) is 6.20 Å². The van der Waals surface area contributed by atoms with Gasteiger partial charge in [-0.2, -0.15) is 5.10 Å². The van der Waals surface area contributed by atoms with Crippen LogP contribution >= 0.6 is 0 Å². The molecule has 8 heavy (non-hydrogen) atoms. The predicted octanol–water partition coefficient (Wildman–Crippen LogP) is 0.198. The Morgan fingerprint density at radius 1 is 1.62 bits per heavy atom. The zero-order valence-corrected chi connectivity index (χ0v) is 4.00. The largest absolute Gasteiger partial charge is 0.380 e. The first-order chi connectivity index (χ1) is 3.80.